The third kappa shape index (κ3) is 2.27. The lowest BCUT2D eigenvalue weighted by Gasteiger charge is -2.11. The van der Waals surface area contributed by atoms with Crippen LogP contribution in [0.5, 0.6) is 0 Å². The maximum Gasteiger partial charge on any atom is 0.151 e. The van der Waals surface area contributed by atoms with Gasteiger partial charge >= 0.3 is 0 Å². The molecule has 1 unspecified atom stereocenters. The Hall–Kier alpha value is -0.560. The lowest BCUT2D eigenvalue weighted by molar-refractivity contribution is -0.118. The summed E-state index contributed by atoms with van der Waals surface area (Å²) in [5.74, 6) is -1.75. The number of carbonyl (C=O) groups is 1. The lowest BCUT2D eigenvalue weighted by Crippen LogP contribution is -2.20. The Morgan fingerprint density at radius 2 is 2.07 bits per heavy atom. The fraction of sp³-hybridized carbons (Fsp3) is 0.222. The number of nitrogens with two attached hydrogens (primary N) is 1. The summed E-state index contributed by atoms with van der Waals surface area (Å²) in [6, 6.07) is 0.877. The van der Waals surface area contributed by atoms with Crippen molar-refractivity contribution in [2.24, 2.45) is 5.73 Å². The number of carbonyl (C=O) groups excluding carboxylic acids is 1. The van der Waals surface area contributed by atoms with E-state index in [2.05, 4.69) is 0 Å². The van der Waals surface area contributed by atoms with Gasteiger partial charge in [-0.15, -0.1) is 0 Å². The van der Waals surface area contributed by atoms with Gasteiger partial charge < -0.3 is 5.73 Å². The van der Waals surface area contributed by atoms with Crippen molar-refractivity contribution in [2.45, 2.75) is 13.0 Å². The number of rotatable bonds is 2. The third-order valence-corrected chi connectivity index (χ3v) is 2.93. The van der Waals surface area contributed by atoms with Gasteiger partial charge in [0.1, 0.15) is 11.6 Å². The van der Waals surface area contributed by atoms with Crippen molar-refractivity contribution in [3.63, 3.8) is 0 Å². The summed E-state index contributed by atoms with van der Waals surface area (Å²) in [6.45, 7) is 1.28. The molecule has 0 saturated heterocycles. The molecule has 0 spiro atoms. The highest BCUT2D eigenvalue weighted by atomic mass is 127. The number of hydrogen-bond acceptors (Lipinski definition) is 2. The molecule has 14 heavy (non-hydrogen) atoms. The van der Waals surface area contributed by atoms with E-state index in [0.29, 0.717) is 0 Å². The second-order valence-electron chi connectivity index (χ2n) is 2.88. The predicted octanol–water partition coefficient (Wildman–Crippen LogP) is 2.16. The molecule has 0 amide bonds. The van der Waals surface area contributed by atoms with Gasteiger partial charge in [0.25, 0.3) is 0 Å². The van der Waals surface area contributed by atoms with E-state index in [-0.39, 0.29) is 14.9 Å². The molecule has 76 valence electrons. The summed E-state index contributed by atoms with van der Waals surface area (Å²) in [4.78, 5) is 10.9. The fourth-order valence-electron chi connectivity index (χ4n) is 1.02. The quantitative estimate of drug-likeness (QED) is 0.672. The Kier molecular flexibility index (Phi) is 3.54. The number of Topliss-reactive ketones (excluding diaryl/α,β-unsaturated/α-hetero) is 1. The average Bonchev–Trinajstić information content (AvgIpc) is 2.09. The number of ketones is 1. The van der Waals surface area contributed by atoms with Crippen LogP contribution in [0.1, 0.15) is 18.5 Å². The summed E-state index contributed by atoms with van der Waals surface area (Å²) in [5.41, 5.74) is 5.68. The molecule has 0 fully saturated rings. The standard InChI is InChI=1S/C9H8F2INO/c1-4(14)9(13)6-2-5(10)3-7(11)8(6)12/h2-3,9H,13H2,1H3. The van der Waals surface area contributed by atoms with Crippen molar-refractivity contribution < 1.29 is 13.6 Å². The van der Waals surface area contributed by atoms with E-state index in [1.165, 1.54) is 6.92 Å². The van der Waals surface area contributed by atoms with Crippen LogP contribution in [-0.4, -0.2) is 5.78 Å². The van der Waals surface area contributed by atoms with Crippen LogP contribution in [0.2, 0.25) is 0 Å². The Balaban J connectivity index is 3.26. The molecule has 0 heterocycles. The smallest absolute Gasteiger partial charge is 0.151 e. The lowest BCUT2D eigenvalue weighted by atomic mass is 10.0. The average molecular weight is 311 g/mol. The molecule has 1 aromatic rings. The number of hydrogen-bond donors (Lipinski definition) is 1. The van der Waals surface area contributed by atoms with E-state index in [1.54, 1.807) is 22.6 Å². The van der Waals surface area contributed by atoms with E-state index < -0.39 is 17.7 Å². The largest absolute Gasteiger partial charge is 0.318 e. The fourth-order valence-corrected chi connectivity index (χ4v) is 1.67. The molecule has 0 bridgehead atoms. The SMILES string of the molecule is CC(=O)C(N)c1cc(F)cc(F)c1I. The normalized spacial score (nSPS) is 12.6. The highest BCUT2D eigenvalue weighted by Crippen LogP contribution is 2.23. The maximum atomic E-state index is 13.0. The van der Waals surface area contributed by atoms with Gasteiger partial charge in [0.15, 0.2) is 5.78 Å². The Morgan fingerprint density at radius 3 is 2.57 bits per heavy atom. The second kappa shape index (κ2) is 4.31. The summed E-state index contributed by atoms with van der Waals surface area (Å²) in [6.07, 6.45) is 0. The predicted molar refractivity (Wildman–Crippen MR) is 56.7 cm³/mol. The molecule has 1 aromatic carbocycles. The Bertz CT molecular complexity index is 381. The number of halogens is 3. The van der Waals surface area contributed by atoms with Crippen LogP contribution in [0.25, 0.3) is 0 Å². The minimum Gasteiger partial charge on any atom is -0.318 e. The Labute approximate surface area is 93.6 Å². The zero-order valence-electron chi connectivity index (χ0n) is 7.35. The monoisotopic (exact) mass is 311 g/mol. The van der Waals surface area contributed by atoms with Gasteiger partial charge in [-0.25, -0.2) is 8.78 Å². The van der Waals surface area contributed by atoms with Crippen LogP contribution in [0.4, 0.5) is 8.78 Å². The molecular weight excluding hydrogens is 303 g/mol. The molecule has 5 heteroatoms. The van der Waals surface area contributed by atoms with Gasteiger partial charge in [-0.1, -0.05) is 0 Å². The van der Waals surface area contributed by atoms with E-state index >= 15 is 0 Å². The van der Waals surface area contributed by atoms with Gasteiger partial charge in [-0.3, -0.25) is 4.79 Å². The third-order valence-electron chi connectivity index (χ3n) is 1.79. The van der Waals surface area contributed by atoms with Crippen LogP contribution < -0.4 is 5.73 Å². The van der Waals surface area contributed by atoms with Crippen molar-refractivity contribution >= 4 is 28.4 Å². The van der Waals surface area contributed by atoms with Crippen molar-refractivity contribution in [1.29, 1.82) is 0 Å². The molecule has 0 aliphatic heterocycles. The minimum absolute atomic E-state index is 0.187. The summed E-state index contributed by atoms with van der Waals surface area (Å²) in [5, 5.41) is 0. The van der Waals surface area contributed by atoms with Crippen molar-refractivity contribution in [3.8, 4) is 0 Å². The van der Waals surface area contributed by atoms with Gasteiger partial charge in [0.2, 0.25) is 0 Å². The first-order valence-corrected chi connectivity index (χ1v) is 4.92. The Morgan fingerprint density at radius 1 is 1.50 bits per heavy atom. The molecule has 0 radical (unpaired) electrons. The second-order valence-corrected chi connectivity index (χ2v) is 3.96. The highest BCUT2D eigenvalue weighted by molar-refractivity contribution is 14.1. The molecule has 2 N–H and O–H groups in total. The number of benzene rings is 1. The van der Waals surface area contributed by atoms with Crippen molar-refractivity contribution in [3.05, 3.63) is 32.9 Å². The molecular formula is C9H8F2INO. The van der Waals surface area contributed by atoms with Crippen molar-refractivity contribution in [1.82, 2.24) is 0 Å². The summed E-state index contributed by atoms with van der Waals surface area (Å²) >= 11 is 1.70. The van der Waals surface area contributed by atoms with Crippen LogP contribution in [0.3, 0.4) is 0 Å². The van der Waals surface area contributed by atoms with E-state index in [0.717, 1.165) is 12.1 Å². The molecule has 1 rings (SSSR count). The first kappa shape index (κ1) is 11.5. The first-order valence-electron chi connectivity index (χ1n) is 3.84. The highest BCUT2D eigenvalue weighted by Gasteiger charge is 2.18. The summed E-state index contributed by atoms with van der Waals surface area (Å²) in [7, 11) is 0. The van der Waals surface area contributed by atoms with Crippen LogP contribution in [0, 0.1) is 15.2 Å². The molecule has 0 aliphatic carbocycles. The van der Waals surface area contributed by atoms with Crippen LogP contribution in [-0.2, 0) is 4.79 Å². The van der Waals surface area contributed by atoms with E-state index in [4.69, 9.17) is 5.73 Å². The van der Waals surface area contributed by atoms with Crippen molar-refractivity contribution in [2.75, 3.05) is 0 Å². The topological polar surface area (TPSA) is 43.1 Å². The molecule has 2 nitrogen and oxygen atoms in total. The van der Waals surface area contributed by atoms with Gasteiger partial charge in [0.05, 0.1) is 9.61 Å². The van der Waals surface area contributed by atoms with Crippen LogP contribution >= 0.6 is 22.6 Å². The first-order chi connectivity index (χ1) is 6.43. The van der Waals surface area contributed by atoms with E-state index in [1.807, 2.05) is 0 Å². The summed E-state index contributed by atoms with van der Waals surface area (Å²) < 4.78 is 26.1. The van der Waals surface area contributed by atoms with Gasteiger partial charge in [-0.2, -0.15) is 0 Å². The zero-order valence-corrected chi connectivity index (χ0v) is 9.51. The maximum absolute atomic E-state index is 13.0. The molecule has 0 aromatic heterocycles. The zero-order chi connectivity index (χ0) is 10.9. The molecule has 1 atom stereocenters. The van der Waals surface area contributed by atoms with Gasteiger partial charge in [0, 0.05) is 6.07 Å². The van der Waals surface area contributed by atoms with E-state index in [9.17, 15) is 13.6 Å². The van der Waals surface area contributed by atoms with Crippen LogP contribution in [0.15, 0.2) is 12.1 Å². The minimum atomic E-state index is -0.966. The molecule has 0 saturated carbocycles. The molecule has 0 aliphatic rings. The van der Waals surface area contributed by atoms with Gasteiger partial charge in [-0.05, 0) is 41.1 Å².